The van der Waals surface area contributed by atoms with Gasteiger partial charge in [-0.05, 0) is 0 Å². The third kappa shape index (κ3) is 2.54. The number of hydrogen-bond donors (Lipinski definition) is 1. The van der Waals surface area contributed by atoms with Gasteiger partial charge in [-0.15, -0.1) is 0 Å². The van der Waals surface area contributed by atoms with Crippen LogP contribution in [-0.4, -0.2) is 20.8 Å². The zero-order chi connectivity index (χ0) is 14.8. The molecule has 0 atom stereocenters. The number of aromatic nitrogens is 2. The maximum atomic E-state index is 11.2. The van der Waals surface area contributed by atoms with Crippen LogP contribution in [0.1, 0.15) is 18.2 Å². The summed E-state index contributed by atoms with van der Waals surface area (Å²) < 4.78 is 0. The highest BCUT2D eigenvalue weighted by Crippen LogP contribution is 2.30. The zero-order valence-electron chi connectivity index (χ0n) is 11.5. The van der Waals surface area contributed by atoms with E-state index in [0.717, 1.165) is 22.5 Å². The maximum Gasteiger partial charge on any atom is 0.230 e. The Morgan fingerprint density at radius 3 is 2.71 bits per heavy atom. The van der Waals surface area contributed by atoms with Crippen LogP contribution in [0.15, 0.2) is 30.3 Å². The van der Waals surface area contributed by atoms with Crippen LogP contribution < -0.4 is 5.32 Å². The molecule has 0 saturated heterocycles. The van der Waals surface area contributed by atoms with E-state index in [1.165, 1.54) is 6.92 Å². The molecule has 0 unspecified atom stereocenters. The topological polar surface area (TPSA) is 81.9 Å². The first-order valence-electron chi connectivity index (χ1n) is 6.55. The number of nitrogens with zero attached hydrogens (tertiary/aromatic N) is 4. The van der Waals surface area contributed by atoms with Gasteiger partial charge in [-0.25, -0.2) is 9.97 Å². The minimum atomic E-state index is -0.218. The second-order valence-electron chi connectivity index (χ2n) is 4.82. The molecule has 6 nitrogen and oxygen atoms in total. The molecule has 1 aromatic carbocycles. The van der Waals surface area contributed by atoms with E-state index in [1.807, 2.05) is 30.3 Å². The maximum absolute atomic E-state index is 11.2. The smallest absolute Gasteiger partial charge is 0.230 e. The quantitative estimate of drug-likeness (QED) is 0.849. The van der Waals surface area contributed by atoms with Gasteiger partial charge in [-0.3, -0.25) is 10.1 Å². The summed E-state index contributed by atoms with van der Waals surface area (Å²) in [5, 5.41) is 11.7. The molecule has 6 heteroatoms. The van der Waals surface area contributed by atoms with Gasteiger partial charge in [0.25, 0.3) is 0 Å². The van der Waals surface area contributed by atoms with Gasteiger partial charge in [0.2, 0.25) is 11.9 Å². The first kappa shape index (κ1) is 13.1. The van der Waals surface area contributed by atoms with Gasteiger partial charge in [0.1, 0.15) is 0 Å². The fraction of sp³-hybridized carbons (Fsp3) is 0.200. The van der Waals surface area contributed by atoms with Gasteiger partial charge in [-0.2, -0.15) is 5.26 Å². The SMILES string of the molecule is CC(=O)Nc1nc2c(c(-c3ccccc3)n1)CN(C#N)C2. The Bertz CT molecular complexity index is 736. The molecule has 1 aliphatic rings. The number of nitrogens with one attached hydrogen (secondary N) is 1. The lowest BCUT2D eigenvalue weighted by atomic mass is 10.1. The van der Waals surface area contributed by atoms with Crippen molar-refractivity contribution in [2.24, 2.45) is 0 Å². The van der Waals surface area contributed by atoms with E-state index in [2.05, 4.69) is 21.5 Å². The molecule has 1 amide bonds. The fourth-order valence-corrected chi connectivity index (χ4v) is 2.37. The molecule has 1 N–H and O–H groups in total. The van der Waals surface area contributed by atoms with Crippen molar-refractivity contribution in [3.8, 4) is 17.5 Å². The van der Waals surface area contributed by atoms with Crippen LogP contribution in [-0.2, 0) is 17.9 Å². The highest BCUT2D eigenvalue weighted by Gasteiger charge is 2.25. The summed E-state index contributed by atoms with van der Waals surface area (Å²) in [5.41, 5.74) is 3.44. The Labute approximate surface area is 122 Å². The van der Waals surface area contributed by atoms with Crippen molar-refractivity contribution in [3.63, 3.8) is 0 Å². The van der Waals surface area contributed by atoms with Crippen LogP contribution in [0.2, 0.25) is 0 Å². The van der Waals surface area contributed by atoms with E-state index in [9.17, 15) is 4.79 Å². The van der Waals surface area contributed by atoms with Gasteiger partial charge in [0.05, 0.1) is 24.5 Å². The average Bonchev–Trinajstić information content (AvgIpc) is 2.89. The van der Waals surface area contributed by atoms with Crippen LogP contribution in [0.25, 0.3) is 11.3 Å². The summed E-state index contributed by atoms with van der Waals surface area (Å²) in [5.74, 6) is 0.0593. The van der Waals surface area contributed by atoms with E-state index >= 15 is 0 Å². The molecule has 2 aromatic rings. The number of anilines is 1. The first-order chi connectivity index (χ1) is 10.2. The van der Waals surface area contributed by atoms with Crippen molar-refractivity contribution in [1.29, 1.82) is 5.26 Å². The molecule has 3 rings (SSSR count). The minimum absolute atomic E-state index is 0.218. The fourth-order valence-electron chi connectivity index (χ4n) is 2.37. The molecule has 1 aromatic heterocycles. The van der Waals surface area contributed by atoms with E-state index in [-0.39, 0.29) is 11.9 Å². The molecule has 0 aliphatic carbocycles. The summed E-state index contributed by atoms with van der Waals surface area (Å²) in [6.07, 6.45) is 2.13. The third-order valence-corrected chi connectivity index (χ3v) is 3.26. The summed E-state index contributed by atoms with van der Waals surface area (Å²) in [6.45, 7) is 2.36. The lowest BCUT2D eigenvalue weighted by Gasteiger charge is -2.09. The Balaban J connectivity index is 2.12. The Morgan fingerprint density at radius 2 is 2.05 bits per heavy atom. The second-order valence-corrected chi connectivity index (χ2v) is 4.82. The molecular weight excluding hydrogens is 266 g/mol. The van der Waals surface area contributed by atoms with Crippen molar-refractivity contribution in [3.05, 3.63) is 41.6 Å². The van der Waals surface area contributed by atoms with Gasteiger partial charge < -0.3 is 4.90 Å². The standard InChI is InChI=1S/C15H13N5O/c1-10(21)17-15-18-13-8-20(9-16)7-12(13)14(19-15)11-5-3-2-4-6-11/h2-6H,7-8H2,1H3,(H,17,18,19,21). The number of rotatable bonds is 2. The van der Waals surface area contributed by atoms with E-state index in [0.29, 0.717) is 13.1 Å². The lowest BCUT2D eigenvalue weighted by Crippen LogP contribution is -2.11. The molecular formula is C15H13N5O. The number of amides is 1. The number of fused-ring (bicyclic) bond motifs is 1. The monoisotopic (exact) mass is 279 g/mol. The third-order valence-electron chi connectivity index (χ3n) is 3.26. The Hall–Kier alpha value is -2.94. The molecule has 0 saturated carbocycles. The van der Waals surface area contributed by atoms with Gasteiger partial charge >= 0.3 is 0 Å². The number of hydrogen-bond acceptors (Lipinski definition) is 5. The number of nitriles is 1. The molecule has 0 fully saturated rings. The molecule has 104 valence electrons. The van der Waals surface area contributed by atoms with Crippen molar-refractivity contribution >= 4 is 11.9 Å². The van der Waals surface area contributed by atoms with Crippen molar-refractivity contribution in [2.45, 2.75) is 20.0 Å². The number of carbonyl (C=O) groups excluding carboxylic acids is 1. The van der Waals surface area contributed by atoms with Crippen LogP contribution >= 0.6 is 0 Å². The van der Waals surface area contributed by atoms with Crippen molar-refractivity contribution in [2.75, 3.05) is 5.32 Å². The summed E-state index contributed by atoms with van der Waals surface area (Å²) in [7, 11) is 0. The van der Waals surface area contributed by atoms with E-state index in [1.54, 1.807) is 4.90 Å². The van der Waals surface area contributed by atoms with Crippen molar-refractivity contribution in [1.82, 2.24) is 14.9 Å². The average molecular weight is 279 g/mol. The highest BCUT2D eigenvalue weighted by molar-refractivity contribution is 5.87. The summed E-state index contributed by atoms with van der Waals surface area (Å²) in [6, 6.07) is 9.70. The van der Waals surface area contributed by atoms with Crippen LogP contribution in [0.4, 0.5) is 5.95 Å². The Morgan fingerprint density at radius 1 is 1.29 bits per heavy atom. The Kier molecular flexibility index (Phi) is 3.24. The van der Waals surface area contributed by atoms with Gasteiger partial charge in [0, 0.05) is 18.1 Å². The molecule has 2 heterocycles. The second kappa shape index (κ2) is 5.21. The molecule has 1 aliphatic heterocycles. The van der Waals surface area contributed by atoms with Crippen LogP contribution in [0.5, 0.6) is 0 Å². The zero-order valence-corrected chi connectivity index (χ0v) is 11.5. The molecule has 0 spiro atoms. The van der Waals surface area contributed by atoms with Crippen LogP contribution in [0.3, 0.4) is 0 Å². The molecule has 21 heavy (non-hydrogen) atoms. The highest BCUT2D eigenvalue weighted by atomic mass is 16.1. The number of benzene rings is 1. The predicted molar refractivity (Wildman–Crippen MR) is 76.6 cm³/mol. The van der Waals surface area contributed by atoms with Gasteiger partial charge in [-0.1, -0.05) is 30.3 Å². The molecule has 0 radical (unpaired) electrons. The van der Waals surface area contributed by atoms with Crippen LogP contribution in [0, 0.1) is 11.5 Å². The summed E-state index contributed by atoms with van der Waals surface area (Å²) in [4.78, 5) is 21.6. The van der Waals surface area contributed by atoms with E-state index < -0.39 is 0 Å². The first-order valence-corrected chi connectivity index (χ1v) is 6.55. The normalized spacial score (nSPS) is 12.7. The number of carbonyl (C=O) groups is 1. The predicted octanol–water partition coefficient (Wildman–Crippen LogP) is 1.90. The van der Waals surface area contributed by atoms with Gasteiger partial charge in [0.15, 0.2) is 6.19 Å². The molecule has 0 bridgehead atoms. The summed E-state index contributed by atoms with van der Waals surface area (Å²) >= 11 is 0. The minimum Gasteiger partial charge on any atom is -0.300 e. The lowest BCUT2D eigenvalue weighted by molar-refractivity contribution is -0.114. The van der Waals surface area contributed by atoms with E-state index in [4.69, 9.17) is 5.26 Å². The van der Waals surface area contributed by atoms with Crippen molar-refractivity contribution < 1.29 is 4.79 Å². The largest absolute Gasteiger partial charge is 0.300 e.